The van der Waals surface area contributed by atoms with Crippen LogP contribution in [-0.4, -0.2) is 12.0 Å². The van der Waals surface area contributed by atoms with Crippen LogP contribution in [0.15, 0.2) is 30.3 Å². The normalized spacial score (nSPS) is 28.8. The highest BCUT2D eigenvalue weighted by Crippen LogP contribution is 2.50. The smallest absolute Gasteiger partial charge is 0.450 e. The van der Waals surface area contributed by atoms with Gasteiger partial charge in [-0.2, -0.15) is 17.6 Å². The third kappa shape index (κ3) is 6.63. The van der Waals surface area contributed by atoms with E-state index in [1.807, 2.05) is 0 Å². The van der Waals surface area contributed by atoms with Gasteiger partial charge in [0, 0.05) is 5.92 Å². The fourth-order valence-electron chi connectivity index (χ4n) is 5.98. The zero-order valence-electron chi connectivity index (χ0n) is 19.5. The van der Waals surface area contributed by atoms with Crippen molar-refractivity contribution in [2.24, 2.45) is 23.7 Å². The second kappa shape index (κ2) is 11.7. The highest BCUT2D eigenvalue weighted by atomic mass is 19.4. The Labute approximate surface area is 191 Å². The molecule has 3 rings (SSSR count). The maximum atomic E-state index is 15.3. The lowest BCUT2D eigenvalue weighted by Gasteiger charge is -2.42. The molecule has 1 nitrogen and oxygen atoms in total. The summed E-state index contributed by atoms with van der Waals surface area (Å²) in [5, 5.41) is 0. The summed E-state index contributed by atoms with van der Waals surface area (Å²) in [6.07, 6.45) is 9.64. The molecule has 2 saturated carbocycles. The van der Waals surface area contributed by atoms with E-state index in [-0.39, 0.29) is 18.6 Å². The van der Waals surface area contributed by atoms with E-state index in [0.717, 1.165) is 5.92 Å². The second-order valence-corrected chi connectivity index (χ2v) is 10.2. The molecule has 0 radical (unpaired) electrons. The minimum atomic E-state index is -5.05. The van der Waals surface area contributed by atoms with Crippen LogP contribution in [-0.2, 0) is 0 Å². The van der Waals surface area contributed by atoms with Gasteiger partial charge in [0.2, 0.25) is 0 Å². The van der Waals surface area contributed by atoms with Crippen molar-refractivity contribution in [2.75, 3.05) is 0 Å². The molecule has 0 amide bonds. The molecule has 32 heavy (non-hydrogen) atoms. The molecule has 0 aliphatic heterocycles. The lowest BCUT2D eigenvalue weighted by atomic mass is 9.67. The van der Waals surface area contributed by atoms with Gasteiger partial charge in [0.15, 0.2) is 0 Å². The van der Waals surface area contributed by atoms with Gasteiger partial charge in [-0.3, -0.25) is 0 Å². The van der Waals surface area contributed by atoms with Gasteiger partial charge in [-0.25, -0.2) is 0 Å². The van der Waals surface area contributed by atoms with E-state index in [9.17, 15) is 13.2 Å². The Hall–Kier alpha value is -1.26. The van der Waals surface area contributed by atoms with Crippen LogP contribution in [0.25, 0.3) is 0 Å². The summed E-state index contributed by atoms with van der Waals surface area (Å²) in [5.41, 5.74) is 0. The monoisotopic (exact) mass is 456 g/mol. The first-order valence-corrected chi connectivity index (χ1v) is 12.8. The Morgan fingerprint density at radius 2 is 1.31 bits per heavy atom. The number of alkyl halides is 4. The SMILES string of the molecule is CCCCCCCC1CCC(C2CCC(C(F)(Oc3ccccc3)C(F)(F)F)CC2)CC1. The number of para-hydroxylation sites is 1. The van der Waals surface area contributed by atoms with Crippen LogP contribution in [0.1, 0.15) is 96.8 Å². The minimum absolute atomic E-state index is 0.0672. The topological polar surface area (TPSA) is 9.23 Å². The van der Waals surface area contributed by atoms with Crippen LogP contribution in [0.3, 0.4) is 0 Å². The molecule has 2 fully saturated rings. The van der Waals surface area contributed by atoms with Crippen molar-refractivity contribution in [3.8, 4) is 5.75 Å². The van der Waals surface area contributed by atoms with E-state index in [1.54, 1.807) is 18.2 Å². The summed E-state index contributed by atoms with van der Waals surface area (Å²) < 4.78 is 61.5. The standard InChI is InChI=1S/C27H40F4O/c1-2-3-4-5-7-10-21-13-15-22(16-14-21)23-17-19-24(20-18-23)26(28,27(29,30)31)32-25-11-8-6-9-12-25/h6,8-9,11-12,21-24H,2-5,7,10,13-20H2,1H3. The Balaban J connectivity index is 1.46. The van der Waals surface area contributed by atoms with Gasteiger partial charge < -0.3 is 4.74 Å². The predicted molar refractivity (Wildman–Crippen MR) is 121 cm³/mol. The first-order chi connectivity index (χ1) is 15.3. The molecule has 0 saturated heterocycles. The highest BCUT2D eigenvalue weighted by molar-refractivity contribution is 5.22. The third-order valence-corrected chi connectivity index (χ3v) is 7.97. The van der Waals surface area contributed by atoms with Crippen molar-refractivity contribution in [2.45, 2.75) is 109 Å². The van der Waals surface area contributed by atoms with E-state index in [4.69, 9.17) is 4.74 Å². The average Bonchev–Trinajstić information content (AvgIpc) is 2.79. The van der Waals surface area contributed by atoms with Crippen molar-refractivity contribution >= 4 is 0 Å². The van der Waals surface area contributed by atoms with E-state index in [2.05, 4.69) is 6.92 Å². The van der Waals surface area contributed by atoms with Crippen LogP contribution in [0, 0.1) is 23.7 Å². The van der Waals surface area contributed by atoms with Gasteiger partial charge in [-0.15, -0.1) is 0 Å². The molecular weight excluding hydrogens is 416 g/mol. The number of halogens is 4. The zero-order chi connectivity index (χ0) is 23.0. The summed E-state index contributed by atoms with van der Waals surface area (Å²) >= 11 is 0. The minimum Gasteiger partial charge on any atom is -0.450 e. The van der Waals surface area contributed by atoms with Crippen molar-refractivity contribution in [3.05, 3.63) is 30.3 Å². The maximum Gasteiger partial charge on any atom is 0.460 e. The lowest BCUT2D eigenvalue weighted by Crippen LogP contribution is -2.53. The Kier molecular flexibility index (Phi) is 9.31. The molecule has 1 aromatic rings. The third-order valence-electron chi connectivity index (χ3n) is 7.97. The van der Waals surface area contributed by atoms with Crippen LogP contribution in [0.2, 0.25) is 0 Å². The summed E-state index contributed by atoms with van der Waals surface area (Å²) in [6, 6.07) is 7.56. The van der Waals surface area contributed by atoms with Crippen LogP contribution in [0.4, 0.5) is 17.6 Å². The molecule has 0 spiro atoms. The van der Waals surface area contributed by atoms with Gasteiger partial charge in [-0.05, 0) is 68.4 Å². The fraction of sp³-hybridized carbons (Fsp3) is 0.778. The van der Waals surface area contributed by atoms with E-state index < -0.39 is 17.9 Å². The number of hydrogen-bond donors (Lipinski definition) is 0. The van der Waals surface area contributed by atoms with Crippen molar-refractivity contribution in [1.29, 1.82) is 0 Å². The van der Waals surface area contributed by atoms with Crippen molar-refractivity contribution < 1.29 is 22.3 Å². The number of hydrogen-bond acceptors (Lipinski definition) is 1. The Morgan fingerprint density at radius 3 is 1.88 bits per heavy atom. The van der Waals surface area contributed by atoms with Gasteiger partial charge in [-0.1, -0.05) is 76.5 Å². The first-order valence-electron chi connectivity index (χ1n) is 12.8. The van der Waals surface area contributed by atoms with Crippen molar-refractivity contribution in [3.63, 3.8) is 0 Å². The number of unbranched alkanes of at least 4 members (excludes halogenated alkanes) is 4. The molecule has 0 heterocycles. The van der Waals surface area contributed by atoms with Crippen LogP contribution in [0.5, 0.6) is 5.75 Å². The summed E-state index contributed by atoms with van der Waals surface area (Å²) in [5.74, 6) is -2.96. The average molecular weight is 457 g/mol. The molecule has 0 bridgehead atoms. The van der Waals surface area contributed by atoms with Gasteiger partial charge in [0.1, 0.15) is 5.75 Å². The molecule has 0 aromatic heterocycles. The molecule has 182 valence electrons. The quantitative estimate of drug-likeness (QED) is 0.252. The number of benzene rings is 1. The molecule has 2 aliphatic carbocycles. The second-order valence-electron chi connectivity index (χ2n) is 10.2. The Morgan fingerprint density at radius 1 is 0.750 bits per heavy atom. The van der Waals surface area contributed by atoms with E-state index in [1.165, 1.54) is 76.3 Å². The van der Waals surface area contributed by atoms with E-state index >= 15 is 4.39 Å². The van der Waals surface area contributed by atoms with Crippen molar-refractivity contribution in [1.82, 2.24) is 0 Å². The highest BCUT2D eigenvalue weighted by Gasteiger charge is 2.63. The largest absolute Gasteiger partial charge is 0.460 e. The molecule has 1 unspecified atom stereocenters. The molecular formula is C27H40F4O. The van der Waals surface area contributed by atoms with E-state index in [0.29, 0.717) is 24.7 Å². The van der Waals surface area contributed by atoms with Gasteiger partial charge >= 0.3 is 12.0 Å². The summed E-state index contributed by atoms with van der Waals surface area (Å²) in [7, 11) is 0. The summed E-state index contributed by atoms with van der Waals surface area (Å²) in [4.78, 5) is 0. The van der Waals surface area contributed by atoms with Crippen LogP contribution < -0.4 is 4.74 Å². The molecule has 1 atom stereocenters. The van der Waals surface area contributed by atoms with Crippen LogP contribution >= 0.6 is 0 Å². The molecule has 1 aromatic carbocycles. The zero-order valence-corrected chi connectivity index (χ0v) is 19.5. The number of rotatable bonds is 10. The Bertz CT molecular complexity index is 645. The number of ether oxygens (including phenoxy) is 1. The van der Waals surface area contributed by atoms with Gasteiger partial charge in [0.25, 0.3) is 0 Å². The first kappa shape index (κ1) is 25.4. The lowest BCUT2D eigenvalue weighted by molar-refractivity contribution is -0.326. The predicted octanol–water partition coefficient (Wildman–Crippen LogP) is 9.27. The van der Waals surface area contributed by atoms with Gasteiger partial charge in [0.05, 0.1) is 0 Å². The fourth-order valence-corrected chi connectivity index (χ4v) is 5.98. The summed E-state index contributed by atoms with van der Waals surface area (Å²) in [6.45, 7) is 2.24. The molecule has 5 heteroatoms. The maximum absolute atomic E-state index is 15.3. The molecule has 2 aliphatic rings. The molecule has 0 N–H and O–H groups in total.